The van der Waals surface area contributed by atoms with E-state index in [1.807, 2.05) is 11.9 Å². The molecule has 0 unspecified atom stereocenters. The highest BCUT2D eigenvalue weighted by atomic mass is 16.5. The van der Waals surface area contributed by atoms with Crippen LogP contribution in [0.25, 0.3) is 0 Å². The summed E-state index contributed by atoms with van der Waals surface area (Å²) in [4.78, 5) is 17.2. The van der Waals surface area contributed by atoms with Gasteiger partial charge in [0.25, 0.3) is 6.01 Å². The Morgan fingerprint density at radius 1 is 1.59 bits per heavy atom. The fourth-order valence-corrected chi connectivity index (χ4v) is 1.28. The molecule has 0 radical (unpaired) electrons. The average molecular weight is 242 g/mol. The van der Waals surface area contributed by atoms with Crippen molar-refractivity contribution >= 4 is 12.0 Å². The van der Waals surface area contributed by atoms with Crippen LogP contribution in [0.2, 0.25) is 0 Å². The minimum Gasteiger partial charge on any atom is -0.461 e. The van der Waals surface area contributed by atoms with Crippen molar-refractivity contribution < 1.29 is 18.7 Å². The van der Waals surface area contributed by atoms with E-state index in [-0.39, 0.29) is 5.69 Å². The van der Waals surface area contributed by atoms with Gasteiger partial charge < -0.3 is 18.8 Å². The van der Waals surface area contributed by atoms with Crippen molar-refractivity contribution in [3.05, 3.63) is 12.0 Å². The highest BCUT2D eigenvalue weighted by Gasteiger charge is 2.15. The number of hydrogen-bond acceptors (Lipinski definition) is 6. The Morgan fingerprint density at radius 2 is 2.35 bits per heavy atom. The lowest BCUT2D eigenvalue weighted by Crippen LogP contribution is -2.20. The van der Waals surface area contributed by atoms with E-state index in [1.165, 1.54) is 6.26 Å². The molecule has 1 heterocycles. The second kappa shape index (κ2) is 6.90. The molecule has 0 N–H and O–H groups in total. The Bertz CT molecular complexity index is 351. The zero-order chi connectivity index (χ0) is 12.7. The number of hydrogen-bond donors (Lipinski definition) is 0. The first-order valence-corrected chi connectivity index (χ1v) is 5.51. The maximum atomic E-state index is 11.4. The third-order valence-electron chi connectivity index (χ3n) is 2.15. The van der Waals surface area contributed by atoms with E-state index >= 15 is 0 Å². The molecule has 0 atom stereocenters. The standard InChI is InChI=1S/C11H18N2O4/c1-4-16-10(14)9-8-17-11(12-9)13(2)6-5-7-15-3/h8H,4-7H2,1-3H3. The Hall–Kier alpha value is -1.56. The van der Waals surface area contributed by atoms with E-state index in [0.29, 0.717) is 19.2 Å². The second-order valence-corrected chi connectivity index (χ2v) is 3.50. The molecule has 1 aromatic rings. The average Bonchev–Trinajstić information content (AvgIpc) is 2.79. The first-order valence-electron chi connectivity index (χ1n) is 5.51. The van der Waals surface area contributed by atoms with Gasteiger partial charge in [-0.15, -0.1) is 0 Å². The number of anilines is 1. The summed E-state index contributed by atoms with van der Waals surface area (Å²) < 4.78 is 15.0. The van der Waals surface area contributed by atoms with Gasteiger partial charge in [-0.05, 0) is 13.3 Å². The molecule has 0 fully saturated rings. The minimum absolute atomic E-state index is 0.195. The lowest BCUT2D eigenvalue weighted by Gasteiger charge is -2.13. The van der Waals surface area contributed by atoms with Crippen LogP contribution in [0, 0.1) is 0 Å². The summed E-state index contributed by atoms with van der Waals surface area (Å²) in [6, 6.07) is 0.407. The van der Waals surface area contributed by atoms with E-state index in [2.05, 4.69) is 4.98 Å². The third kappa shape index (κ3) is 4.07. The van der Waals surface area contributed by atoms with Crippen molar-refractivity contribution in [3.8, 4) is 0 Å². The van der Waals surface area contributed by atoms with Crippen molar-refractivity contribution in [2.24, 2.45) is 0 Å². The lowest BCUT2D eigenvalue weighted by molar-refractivity contribution is 0.0519. The highest BCUT2D eigenvalue weighted by Crippen LogP contribution is 2.12. The molecule has 0 saturated carbocycles. The van der Waals surface area contributed by atoms with Crippen LogP contribution in [0.1, 0.15) is 23.8 Å². The summed E-state index contributed by atoms with van der Waals surface area (Å²) in [5.41, 5.74) is 0.195. The molecule has 0 aliphatic rings. The van der Waals surface area contributed by atoms with E-state index < -0.39 is 5.97 Å². The first kappa shape index (κ1) is 13.5. The van der Waals surface area contributed by atoms with Gasteiger partial charge in [-0.2, -0.15) is 4.98 Å². The molecule has 96 valence electrons. The summed E-state index contributed by atoms with van der Waals surface area (Å²) in [6.07, 6.45) is 2.17. The van der Waals surface area contributed by atoms with E-state index in [1.54, 1.807) is 14.0 Å². The molecule has 17 heavy (non-hydrogen) atoms. The van der Waals surface area contributed by atoms with Gasteiger partial charge in [0.15, 0.2) is 5.69 Å². The summed E-state index contributed by atoms with van der Waals surface area (Å²) in [7, 11) is 3.50. The molecule has 6 heteroatoms. The summed E-state index contributed by atoms with van der Waals surface area (Å²) in [6.45, 7) is 3.49. The van der Waals surface area contributed by atoms with Crippen molar-refractivity contribution in [1.82, 2.24) is 4.98 Å². The Balaban J connectivity index is 2.51. The van der Waals surface area contributed by atoms with Gasteiger partial charge in [0.1, 0.15) is 6.26 Å². The Labute approximate surface area is 101 Å². The minimum atomic E-state index is -0.465. The van der Waals surface area contributed by atoms with Gasteiger partial charge in [-0.1, -0.05) is 0 Å². The fraction of sp³-hybridized carbons (Fsp3) is 0.636. The topological polar surface area (TPSA) is 64.8 Å². The van der Waals surface area contributed by atoms with Gasteiger partial charge in [0.05, 0.1) is 6.61 Å². The molecule has 0 bridgehead atoms. The van der Waals surface area contributed by atoms with Crippen LogP contribution in [0.4, 0.5) is 6.01 Å². The van der Waals surface area contributed by atoms with Crippen LogP contribution in [-0.4, -0.2) is 44.9 Å². The molecule has 1 aromatic heterocycles. The molecule has 1 rings (SSSR count). The second-order valence-electron chi connectivity index (χ2n) is 3.50. The van der Waals surface area contributed by atoms with Crippen LogP contribution in [0.3, 0.4) is 0 Å². The van der Waals surface area contributed by atoms with Crippen LogP contribution in [-0.2, 0) is 9.47 Å². The Morgan fingerprint density at radius 3 is 3.00 bits per heavy atom. The normalized spacial score (nSPS) is 10.3. The molecule has 6 nitrogen and oxygen atoms in total. The quantitative estimate of drug-likeness (QED) is 0.531. The molecular formula is C11H18N2O4. The highest BCUT2D eigenvalue weighted by molar-refractivity contribution is 5.87. The number of oxazole rings is 1. The fourth-order valence-electron chi connectivity index (χ4n) is 1.28. The SMILES string of the molecule is CCOC(=O)c1coc(N(C)CCCOC)n1. The van der Waals surface area contributed by atoms with Gasteiger partial charge in [0, 0.05) is 27.3 Å². The number of nitrogens with zero attached hydrogens (tertiary/aromatic N) is 2. The number of rotatable bonds is 7. The monoisotopic (exact) mass is 242 g/mol. The smallest absolute Gasteiger partial charge is 0.360 e. The molecule has 0 amide bonds. The maximum absolute atomic E-state index is 11.4. The van der Waals surface area contributed by atoms with E-state index in [0.717, 1.165) is 13.0 Å². The molecule has 0 saturated heterocycles. The largest absolute Gasteiger partial charge is 0.461 e. The molecule has 0 spiro atoms. The summed E-state index contributed by atoms with van der Waals surface area (Å²) in [5.74, 6) is -0.465. The van der Waals surface area contributed by atoms with Gasteiger partial charge >= 0.3 is 5.97 Å². The molecule has 0 aromatic carbocycles. The van der Waals surface area contributed by atoms with Gasteiger partial charge in [-0.3, -0.25) is 0 Å². The van der Waals surface area contributed by atoms with Crippen LogP contribution >= 0.6 is 0 Å². The zero-order valence-electron chi connectivity index (χ0n) is 10.4. The van der Waals surface area contributed by atoms with E-state index in [4.69, 9.17) is 13.9 Å². The number of esters is 1. The van der Waals surface area contributed by atoms with Crippen molar-refractivity contribution in [2.45, 2.75) is 13.3 Å². The predicted octanol–water partition coefficient (Wildman–Crippen LogP) is 1.32. The van der Waals surface area contributed by atoms with Crippen LogP contribution < -0.4 is 4.90 Å². The Kier molecular flexibility index (Phi) is 5.48. The van der Waals surface area contributed by atoms with Crippen molar-refractivity contribution in [2.75, 3.05) is 38.8 Å². The number of methoxy groups -OCH3 is 1. The third-order valence-corrected chi connectivity index (χ3v) is 2.15. The van der Waals surface area contributed by atoms with Gasteiger partial charge in [0.2, 0.25) is 0 Å². The summed E-state index contributed by atoms with van der Waals surface area (Å²) >= 11 is 0. The number of carbonyl (C=O) groups is 1. The van der Waals surface area contributed by atoms with E-state index in [9.17, 15) is 4.79 Å². The number of ether oxygens (including phenoxy) is 2. The molecular weight excluding hydrogens is 224 g/mol. The van der Waals surface area contributed by atoms with Crippen LogP contribution in [0.15, 0.2) is 10.7 Å². The molecule has 0 aliphatic carbocycles. The maximum Gasteiger partial charge on any atom is 0.360 e. The number of aromatic nitrogens is 1. The zero-order valence-corrected chi connectivity index (χ0v) is 10.4. The summed E-state index contributed by atoms with van der Waals surface area (Å²) in [5, 5.41) is 0. The van der Waals surface area contributed by atoms with Crippen molar-refractivity contribution in [3.63, 3.8) is 0 Å². The predicted molar refractivity (Wildman–Crippen MR) is 62.2 cm³/mol. The van der Waals surface area contributed by atoms with Gasteiger partial charge in [-0.25, -0.2) is 4.79 Å². The first-order chi connectivity index (χ1) is 8.19. The molecule has 0 aliphatic heterocycles. The van der Waals surface area contributed by atoms with Crippen molar-refractivity contribution in [1.29, 1.82) is 0 Å². The van der Waals surface area contributed by atoms with Crippen LogP contribution in [0.5, 0.6) is 0 Å². The lowest BCUT2D eigenvalue weighted by atomic mass is 10.4. The number of carbonyl (C=O) groups excluding carboxylic acids is 1.